The molecule has 0 aliphatic heterocycles. The fourth-order valence-corrected chi connectivity index (χ4v) is 9.67. The maximum atomic E-state index is 12.9. The van der Waals surface area contributed by atoms with Crippen LogP contribution in [0.15, 0.2) is 0 Å². The van der Waals surface area contributed by atoms with E-state index in [1.807, 2.05) is 0 Å². The third-order valence-corrected chi connectivity index (χ3v) is 14.8. The van der Waals surface area contributed by atoms with Crippen molar-refractivity contribution in [2.75, 3.05) is 13.2 Å². The molecule has 0 saturated carbocycles. The lowest BCUT2D eigenvalue weighted by Gasteiger charge is -2.18. The number of carbonyl (C=O) groups is 3. The quantitative estimate of drug-likeness (QED) is 0.0343. The maximum Gasteiger partial charge on any atom is 0.306 e. The van der Waals surface area contributed by atoms with Crippen LogP contribution in [0.2, 0.25) is 0 Å². The molecular formula is C63H122O6. The molecule has 6 heteroatoms. The van der Waals surface area contributed by atoms with E-state index < -0.39 is 6.10 Å². The molecule has 0 aromatic heterocycles. The predicted octanol–water partition coefficient (Wildman–Crippen LogP) is 20.7. The first kappa shape index (κ1) is 67.4. The van der Waals surface area contributed by atoms with Crippen molar-refractivity contribution in [3.63, 3.8) is 0 Å². The predicted molar refractivity (Wildman–Crippen MR) is 298 cm³/mol. The fraction of sp³-hybridized carbons (Fsp3) is 0.952. The summed E-state index contributed by atoms with van der Waals surface area (Å²) in [4.78, 5) is 38.3. The summed E-state index contributed by atoms with van der Waals surface area (Å²) < 4.78 is 16.9. The minimum Gasteiger partial charge on any atom is -0.462 e. The normalized spacial score (nSPS) is 12.5. The van der Waals surface area contributed by atoms with Crippen LogP contribution in [0.25, 0.3) is 0 Å². The van der Waals surface area contributed by atoms with E-state index in [1.54, 1.807) is 0 Å². The number of hydrogen-bond acceptors (Lipinski definition) is 6. The molecule has 410 valence electrons. The second-order valence-electron chi connectivity index (χ2n) is 22.9. The van der Waals surface area contributed by atoms with E-state index in [0.717, 1.165) is 75.5 Å². The average molecular weight is 976 g/mol. The average Bonchev–Trinajstić information content (AvgIpc) is 3.32. The van der Waals surface area contributed by atoms with Gasteiger partial charge >= 0.3 is 17.9 Å². The van der Waals surface area contributed by atoms with E-state index in [0.29, 0.717) is 19.3 Å². The largest absolute Gasteiger partial charge is 0.462 e. The van der Waals surface area contributed by atoms with Crippen LogP contribution in [0.3, 0.4) is 0 Å². The highest BCUT2D eigenvalue weighted by Gasteiger charge is 2.19. The monoisotopic (exact) mass is 975 g/mol. The van der Waals surface area contributed by atoms with Gasteiger partial charge in [0.2, 0.25) is 0 Å². The number of hydrogen-bond donors (Lipinski definition) is 0. The second kappa shape index (κ2) is 54.2. The Kier molecular flexibility index (Phi) is 52.9. The summed E-state index contributed by atoms with van der Waals surface area (Å²) >= 11 is 0. The van der Waals surface area contributed by atoms with Gasteiger partial charge in [0.05, 0.1) is 0 Å². The lowest BCUT2D eigenvalue weighted by Crippen LogP contribution is -2.30. The first-order valence-corrected chi connectivity index (χ1v) is 31.1. The molecule has 2 atom stereocenters. The van der Waals surface area contributed by atoms with Gasteiger partial charge in [0.1, 0.15) is 13.2 Å². The summed E-state index contributed by atoms with van der Waals surface area (Å²) in [7, 11) is 0. The van der Waals surface area contributed by atoms with Crippen molar-refractivity contribution >= 4 is 17.9 Å². The molecule has 0 aromatic rings. The highest BCUT2D eigenvalue weighted by Crippen LogP contribution is 2.19. The van der Waals surface area contributed by atoms with E-state index in [2.05, 4.69) is 41.5 Å². The molecule has 69 heavy (non-hydrogen) atoms. The third-order valence-electron chi connectivity index (χ3n) is 14.8. The van der Waals surface area contributed by atoms with Gasteiger partial charge in [0.25, 0.3) is 0 Å². The van der Waals surface area contributed by atoms with Gasteiger partial charge < -0.3 is 14.2 Å². The lowest BCUT2D eigenvalue weighted by atomic mass is 9.99. The summed E-state index contributed by atoms with van der Waals surface area (Å²) in [5, 5.41) is 0. The van der Waals surface area contributed by atoms with Gasteiger partial charge in [0.15, 0.2) is 6.10 Å². The van der Waals surface area contributed by atoms with Crippen LogP contribution < -0.4 is 0 Å². The van der Waals surface area contributed by atoms with Gasteiger partial charge in [-0.1, -0.05) is 311 Å². The lowest BCUT2D eigenvalue weighted by molar-refractivity contribution is -0.167. The molecule has 0 bridgehead atoms. The van der Waals surface area contributed by atoms with Crippen molar-refractivity contribution in [3.05, 3.63) is 0 Å². The fourth-order valence-electron chi connectivity index (χ4n) is 9.67. The van der Waals surface area contributed by atoms with Gasteiger partial charge in [-0.25, -0.2) is 0 Å². The number of esters is 3. The van der Waals surface area contributed by atoms with Gasteiger partial charge in [0, 0.05) is 19.3 Å². The molecule has 0 fully saturated rings. The summed E-state index contributed by atoms with van der Waals surface area (Å²) in [6.45, 7) is 13.8. The van der Waals surface area contributed by atoms with Crippen molar-refractivity contribution in [1.29, 1.82) is 0 Å². The Hall–Kier alpha value is -1.59. The molecule has 0 rings (SSSR count). The van der Waals surface area contributed by atoms with Crippen molar-refractivity contribution in [3.8, 4) is 0 Å². The molecule has 0 saturated heterocycles. The van der Waals surface area contributed by atoms with E-state index >= 15 is 0 Å². The zero-order valence-corrected chi connectivity index (χ0v) is 47.6. The van der Waals surface area contributed by atoms with Gasteiger partial charge in [-0.05, 0) is 37.0 Å². The molecule has 0 spiro atoms. The first-order chi connectivity index (χ1) is 33.6. The molecule has 0 N–H and O–H groups in total. The molecule has 0 aliphatic rings. The number of rotatable bonds is 56. The van der Waals surface area contributed by atoms with Crippen LogP contribution in [-0.2, 0) is 28.6 Å². The number of ether oxygens (including phenoxy) is 3. The maximum absolute atomic E-state index is 12.9. The van der Waals surface area contributed by atoms with Crippen molar-refractivity contribution in [2.45, 2.75) is 356 Å². The smallest absolute Gasteiger partial charge is 0.306 e. The standard InChI is InChI=1S/C63H122O6/c1-7-59(6)51-45-39-33-27-23-24-29-35-41-47-53-62(65)68-56-60(69-63(66)54-48-42-36-30-22-18-14-10-12-16-20-26-32-38-44-50-58(4)5)55-67-61(64)52-46-40-34-28-21-17-13-9-8-11-15-19-25-31-37-43-49-57(2)3/h57-60H,7-56H2,1-6H3/t59?,60-/m1/s1. The Morgan fingerprint density at radius 3 is 0.754 bits per heavy atom. The Bertz CT molecular complexity index is 1070. The highest BCUT2D eigenvalue weighted by atomic mass is 16.6. The van der Waals surface area contributed by atoms with E-state index in [9.17, 15) is 14.4 Å². The minimum absolute atomic E-state index is 0.0629. The third kappa shape index (κ3) is 55.6. The second-order valence-corrected chi connectivity index (χ2v) is 22.9. The topological polar surface area (TPSA) is 78.9 Å². The zero-order chi connectivity index (χ0) is 50.5. The molecule has 0 radical (unpaired) electrons. The highest BCUT2D eigenvalue weighted by molar-refractivity contribution is 5.71. The molecule has 0 amide bonds. The molecule has 0 aliphatic carbocycles. The van der Waals surface area contributed by atoms with Gasteiger partial charge in [-0.15, -0.1) is 0 Å². The van der Waals surface area contributed by atoms with Crippen LogP contribution in [-0.4, -0.2) is 37.2 Å². The Labute approximate surface area is 431 Å². The van der Waals surface area contributed by atoms with E-state index in [4.69, 9.17) is 14.2 Å². The van der Waals surface area contributed by atoms with Crippen molar-refractivity contribution in [2.24, 2.45) is 17.8 Å². The van der Waals surface area contributed by atoms with Crippen molar-refractivity contribution in [1.82, 2.24) is 0 Å². The first-order valence-electron chi connectivity index (χ1n) is 31.1. The minimum atomic E-state index is -0.764. The van der Waals surface area contributed by atoms with Crippen LogP contribution >= 0.6 is 0 Å². The summed E-state index contributed by atoms with van der Waals surface area (Å²) in [6, 6.07) is 0. The van der Waals surface area contributed by atoms with E-state index in [1.165, 1.54) is 231 Å². The molecule has 0 heterocycles. The molecule has 1 unspecified atom stereocenters. The summed E-state index contributed by atoms with van der Waals surface area (Å²) in [5.74, 6) is 1.73. The van der Waals surface area contributed by atoms with Gasteiger partial charge in [-0.3, -0.25) is 14.4 Å². The van der Waals surface area contributed by atoms with Crippen LogP contribution in [0.5, 0.6) is 0 Å². The zero-order valence-electron chi connectivity index (χ0n) is 47.6. The Balaban J connectivity index is 4.29. The van der Waals surface area contributed by atoms with E-state index in [-0.39, 0.29) is 31.1 Å². The Morgan fingerprint density at radius 1 is 0.290 bits per heavy atom. The van der Waals surface area contributed by atoms with Crippen molar-refractivity contribution < 1.29 is 28.6 Å². The molecule has 0 aromatic carbocycles. The Morgan fingerprint density at radius 2 is 0.507 bits per heavy atom. The SMILES string of the molecule is CCC(C)CCCCCCCCCCCCC(=O)OC[C@@H](COC(=O)CCCCCCCCCCCCCCCCCCC(C)C)OC(=O)CCCCCCCCCCCCCCCCCC(C)C. The van der Waals surface area contributed by atoms with Crippen LogP contribution in [0.4, 0.5) is 0 Å². The van der Waals surface area contributed by atoms with Gasteiger partial charge in [-0.2, -0.15) is 0 Å². The summed E-state index contributed by atoms with van der Waals surface area (Å²) in [6.07, 6.45) is 58.1. The van der Waals surface area contributed by atoms with Crippen LogP contribution in [0.1, 0.15) is 350 Å². The number of carbonyl (C=O) groups excluding carboxylic acids is 3. The van der Waals surface area contributed by atoms with Crippen LogP contribution in [0, 0.1) is 17.8 Å². The number of unbranched alkanes of at least 4 members (excludes halogenated alkanes) is 38. The molecule has 6 nitrogen and oxygen atoms in total. The summed E-state index contributed by atoms with van der Waals surface area (Å²) in [5.41, 5.74) is 0. The molecular weight excluding hydrogens is 853 g/mol.